The van der Waals surface area contributed by atoms with Crippen molar-refractivity contribution < 1.29 is 4.79 Å². The van der Waals surface area contributed by atoms with E-state index in [0.717, 1.165) is 18.3 Å². The van der Waals surface area contributed by atoms with Crippen LogP contribution in [0.5, 0.6) is 0 Å². The number of fused-ring (bicyclic) bond motifs is 1. The van der Waals surface area contributed by atoms with Crippen LogP contribution in [0.15, 0.2) is 43.0 Å². The van der Waals surface area contributed by atoms with Crippen molar-refractivity contribution in [3.63, 3.8) is 0 Å². The molecule has 4 rings (SSSR count). The van der Waals surface area contributed by atoms with E-state index in [1.54, 1.807) is 47.5 Å². The first-order valence-electron chi connectivity index (χ1n) is 7.59. The van der Waals surface area contributed by atoms with Gasteiger partial charge in [-0.15, -0.1) is 0 Å². The Morgan fingerprint density at radius 2 is 2.17 bits per heavy atom. The molecule has 0 spiro atoms. The van der Waals surface area contributed by atoms with Gasteiger partial charge in [0.15, 0.2) is 5.65 Å². The Morgan fingerprint density at radius 1 is 1.26 bits per heavy atom. The fourth-order valence-electron chi connectivity index (χ4n) is 2.40. The third-order valence-corrected chi connectivity index (χ3v) is 3.83. The van der Waals surface area contributed by atoms with Gasteiger partial charge in [-0.05, 0) is 37.0 Å². The molecule has 116 valence electrons. The number of aromatic nitrogens is 4. The maximum atomic E-state index is 12.5. The minimum atomic E-state index is -0.232. The first-order valence-corrected chi connectivity index (χ1v) is 7.59. The number of nitrogens with zero attached hydrogens (tertiary/aromatic N) is 4. The SMILES string of the molecule is O=C(Nc1cccnc1)c1ccnn2c(NCC3CC3)cnc12. The Hall–Kier alpha value is -2.96. The summed E-state index contributed by atoms with van der Waals surface area (Å²) in [7, 11) is 0. The molecular formula is C16H16N6O. The second-order valence-electron chi connectivity index (χ2n) is 5.64. The van der Waals surface area contributed by atoms with E-state index in [1.165, 1.54) is 12.8 Å². The molecule has 0 saturated heterocycles. The molecule has 1 fully saturated rings. The third-order valence-electron chi connectivity index (χ3n) is 3.83. The van der Waals surface area contributed by atoms with Gasteiger partial charge in [0.1, 0.15) is 5.82 Å². The third kappa shape index (κ3) is 2.85. The molecule has 0 atom stereocenters. The number of hydrogen-bond donors (Lipinski definition) is 2. The van der Waals surface area contributed by atoms with Gasteiger partial charge in [-0.3, -0.25) is 9.78 Å². The summed E-state index contributed by atoms with van der Waals surface area (Å²) in [5.41, 5.74) is 1.65. The van der Waals surface area contributed by atoms with Crippen LogP contribution in [-0.2, 0) is 0 Å². The van der Waals surface area contributed by atoms with Gasteiger partial charge in [0.25, 0.3) is 5.91 Å². The Bertz CT molecular complexity index is 840. The van der Waals surface area contributed by atoms with Crippen LogP contribution in [0.1, 0.15) is 23.2 Å². The van der Waals surface area contributed by atoms with Gasteiger partial charge >= 0.3 is 0 Å². The number of hydrogen-bond acceptors (Lipinski definition) is 5. The number of anilines is 2. The minimum Gasteiger partial charge on any atom is -0.368 e. The highest BCUT2D eigenvalue weighted by molar-refractivity contribution is 6.08. The number of amides is 1. The summed E-state index contributed by atoms with van der Waals surface area (Å²) >= 11 is 0. The van der Waals surface area contributed by atoms with E-state index >= 15 is 0 Å². The smallest absolute Gasteiger partial charge is 0.259 e. The molecule has 3 aromatic rings. The van der Waals surface area contributed by atoms with Crippen LogP contribution in [0.4, 0.5) is 11.5 Å². The lowest BCUT2D eigenvalue weighted by Crippen LogP contribution is -2.14. The summed E-state index contributed by atoms with van der Waals surface area (Å²) in [6.45, 7) is 0.918. The Labute approximate surface area is 132 Å². The van der Waals surface area contributed by atoms with Crippen LogP contribution >= 0.6 is 0 Å². The number of nitrogens with one attached hydrogen (secondary N) is 2. The first-order chi connectivity index (χ1) is 11.3. The van der Waals surface area contributed by atoms with Crippen molar-refractivity contribution in [1.29, 1.82) is 0 Å². The summed E-state index contributed by atoms with van der Waals surface area (Å²) < 4.78 is 1.67. The Morgan fingerprint density at radius 3 is 2.96 bits per heavy atom. The van der Waals surface area contributed by atoms with E-state index in [-0.39, 0.29) is 5.91 Å². The normalized spacial score (nSPS) is 13.9. The van der Waals surface area contributed by atoms with Crippen LogP contribution in [0.2, 0.25) is 0 Å². The quantitative estimate of drug-likeness (QED) is 0.755. The zero-order valence-electron chi connectivity index (χ0n) is 12.4. The molecule has 0 aromatic carbocycles. The molecule has 1 aliphatic carbocycles. The molecule has 7 heteroatoms. The standard InChI is InChI=1S/C16H16N6O/c23-16(21-12-2-1-6-17-9-12)13-5-7-20-22-14(10-19-15(13)22)18-8-11-3-4-11/h1-2,5-7,9-11,18H,3-4,8H2,(H,21,23). The maximum absolute atomic E-state index is 12.5. The molecule has 0 unspecified atom stereocenters. The number of carbonyl (C=O) groups excluding carboxylic acids is 1. The zero-order valence-corrected chi connectivity index (χ0v) is 12.4. The van der Waals surface area contributed by atoms with E-state index < -0.39 is 0 Å². The minimum absolute atomic E-state index is 0.232. The predicted molar refractivity (Wildman–Crippen MR) is 86.4 cm³/mol. The van der Waals surface area contributed by atoms with E-state index in [0.29, 0.717) is 16.9 Å². The molecule has 1 amide bonds. The molecule has 1 aliphatic rings. The average Bonchev–Trinajstić information content (AvgIpc) is 3.32. The molecule has 7 nitrogen and oxygen atoms in total. The van der Waals surface area contributed by atoms with Crippen molar-refractivity contribution in [3.8, 4) is 0 Å². The Balaban J connectivity index is 1.60. The summed E-state index contributed by atoms with van der Waals surface area (Å²) in [6, 6.07) is 5.23. The van der Waals surface area contributed by atoms with Gasteiger partial charge < -0.3 is 10.6 Å². The number of rotatable bonds is 5. The van der Waals surface area contributed by atoms with Crippen molar-refractivity contribution in [1.82, 2.24) is 19.6 Å². The van der Waals surface area contributed by atoms with Crippen LogP contribution in [0.3, 0.4) is 0 Å². The van der Waals surface area contributed by atoms with Crippen molar-refractivity contribution in [2.24, 2.45) is 5.92 Å². The van der Waals surface area contributed by atoms with Crippen molar-refractivity contribution >= 4 is 23.1 Å². The maximum Gasteiger partial charge on any atom is 0.259 e. The van der Waals surface area contributed by atoms with Gasteiger partial charge in [-0.1, -0.05) is 0 Å². The van der Waals surface area contributed by atoms with E-state index in [4.69, 9.17) is 0 Å². The molecule has 3 heterocycles. The van der Waals surface area contributed by atoms with Crippen molar-refractivity contribution in [2.45, 2.75) is 12.8 Å². The van der Waals surface area contributed by atoms with E-state index in [1.807, 2.05) is 0 Å². The van der Waals surface area contributed by atoms with Crippen LogP contribution in [-0.4, -0.2) is 32.0 Å². The van der Waals surface area contributed by atoms with Crippen LogP contribution in [0, 0.1) is 5.92 Å². The first kappa shape index (κ1) is 13.7. The lowest BCUT2D eigenvalue weighted by Gasteiger charge is -2.07. The summed E-state index contributed by atoms with van der Waals surface area (Å²) in [6.07, 6.45) is 9.13. The van der Waals surface area contributed by atoms with Gasteiger partial charge in [0.2, 0.25) is 0 Å². The lowest BCUT2D eigenvalue weighted by atomic mass is 10.2. The fourth-order valence-corrected chi connectivity index (χ4v) is 2.40. The van der Waals surface area contributed by atoms with Gasteiger partial charge in [0.05, 0.1) is 23.6 Å². The molecule has 0 aliphatic heterocycles. The summed E-state index contributed by atoms with van der Waals surface area (Å²) in [5.74, 6) is 1.32. The fraction of sp³-hybridized carbons (Fsp3) is 0.250. The predicted octanol–water partition coefficient (Wildman–Crippen LogP) is 2.20. The number of pyridine rings is 1. The molecule has 23 heavy (non-hydrogen) atoms. The molecule has 0 radical (unpaired) electrons. The number of imidazole rings is 1. The van der Waals surface area contributed by atoms with Crippen LogP contribution in [0.25, 0.3) is 5.65 Å². The second-order valence-corrected chi connectivity index (χ2v) is 5.64. The monoisotopic (exact) mass is 308 g/mol. The van der Waals surface area contributed by atoms with Crippen molar-refractivity contribution in [2.75, 3.05) is 17.2 Å². The zero-order chi connectivity index (χ0) is 15.6. The number of carbonyl (C=O) groups is 1. The van der Waals surface area contributed by atoms with E-state index in [2.05, 4.69) is 25.7 Å². The molecule has 2 N–H and O–H groups in total. The summed E-state index contributed by atoms with van der Waals surface area (Å²) in [5, 5.41) is 10.4. The average molecular weight is 308 g/mol. The van der Waals surface area contributed by atoms with Gasteiger partial charge in [-0.2, -0.15) is 9.61 Å². The second kappa shape index (κ2) is 5.68. The largest absolute Gasteiger partial charge is 0.368 e. The highest BCUT2D eigenvalue weighted by atomic mass is 16.1. The van der Waals surface area contributed by atoms with Gasteiger partial charge in [0, 0.05) is 18.9 Å². The van der Waals surface area contributed by atoms with Gasteiger partial charge in [-0.25, -0.2) is 4.98 Å². The topological polar surface area (TPSA) is 84.2 Å². The van der Waals surface area contributed by atoms with E-state index in [9.17, 15) is 4.79 Å². The molecule has 3 aromatic heterocycles. The lowest BCUT2D eigenvalue weighted by molar-refractivity contribution is 0.102. The van der Waals surface area contributed by atoms with Crippen LogP contribution < -0.4 is 10.6 Å². The Kier molecular flexibility index (Phi) is 3.38. The summed E-state index contributed by atoms with van der Waals surface area (Å²) in [4.78, 5) is 20.8. The highest BCUT2D eigenvalue weighted by Gasteiger charge is 2.21. The molecule has 1 saturated carbocycles. The molecule has 0 bridgehead atoms. The van der Waals surface area contributed by atoms with Crippen molar-refractivity contribution in [3.05, 3.63) is 48.5 Å². The highest BCUT2D eigenvalue weighted by Crippen LogP contribution is 2.29. The molecular weight excluding hydrogens is 292 g/mol.